The Kier molecular flexibility index (Phi) is 3.87. The predicted octanol–water partition coefficient (Wildman–Crippen LogP) is 3.56. The van der Waals surface area contributed by atoms with Gasteiger partial charge in [0.05, 0.1) is 0 Å². The van der Waals surface area contributed by atoms with Crippen molar-refractivity contribution in [2.75, 3.05) is 6.54 Å². The Bertz CT molecular complexity index is 488. The summed E-state index contributed by atoms with van der Waals surface area (Å²) in [5.41, 5.74) is 1.04. The van der Waals surface area contributed by atoms with E-state index in [4.69, 9.17) is 0 Å². The number of hydrogen-bond donors (Lipinski definition) is 1. The summed E-state index contributed by atoms with van der Waals surface area (Å²) in [6.45, 7) is 5.48. The number of carboxylic acid groups (broad SMARTS) is 1. The van der Waals surface area contributed by atoms with Crippen LogP contribution in [0.5, 0.6) is 0 Å². The molecule has 0 spiro atoms. The van der Waals surface area contributed by atoms with E-state index in [9.17, 15) is 9.90 Å². The summed E-state index contributed by atoms with van der Waals surface area (Å²) >= 11 is 1.71. The van der Waals surface area contributed by atoms with Crippen LogP contribution in [0.1, 0.15) is 49.6 Å². The second kappa shape index (κ2) is 5.49. The van der Waals surface area contributed by atoms with Gasteiger partial charge in [-0.2, -0.15) is 0 Å². The Morgan fingerprint density at radius 2 is 2.05 bits per heavy atom. The van der Waals surface area contributed by atoms with Crippen LogP contribution in [-0.4, -0.2) is 28.6 Å². The fourth-order valence-electron chi connectivity index (χ4n) is 4.25. The van der Waals surface area contributed by atoms with Crippen molar-refractivity contribution in [2.24, 2.45) is 11.8 Å². The van der Waals surface area contributed by atoms with Gasteiger partial charge < -0.3 is 5.11 Å². The van der Waals surface area contributed by atoms with E-state index in [2.05, 4.69) is 18.7 Å². The van der Waals surface area contributed by atoms with Crippen LogP contribution >= 0.6 is 11.3 Å². The van der Waals surface area contributed by atoms with Crippen LogP contribution in [0, 0.1) is 11.8 Å². The molecule has 110 valence electrons. The molecule has 3 rings (SSSR count). The quantitative estimate of drug-likeness (QED) is 0.906. The Labute approximate surface area is 124 Å². The second-order valence-corrected chi connectivity index (χ2v) is 7.40. The monoisotopic (exact) mass is 293 g/mol. The Morgan fingerprint density at radius 1 is 1.35 bits per heavy atom. The van der Waals surface area contributed by atoms with Crippen molar-refractivity contribution in [1.29, 1.82) is 0 Å². The molecular weight excluding hydrogens is 270 g/mol. The van der Waals surface area contributed by atoms with Crippen LogP contribution in [0.25, 0.3) is 0 Å². The summed E-state index contributed by atoms with van der Waals surface area (Å²) in [5, 5.41) is 11.8. The van der Waals surface area contributed by atoms with Gasteiger partial charge >= 0.3 is 5.97 Å². The molecule has 1 saturated carbocycles. The minimum atomic E-state index is -0.686. The molecule has 0 radical (unpaired) electrons. The van der Waals surface area contributed by atoms with Gasteiger partial charge in [-0.25, -0.2) is 0 Å². The molecule has 1 fully saturated rings. The first-order valence-corrected chi connectivity index (χ1v) is 8.52. The third-order valence-corrected chi connectivity index (χ3v) is 6.10. The molecular formula is C16H23NO2S. The highest BCUT2D eigenvalue weighted by Crippen LogP contribution is 2.41. The van der Waals surface area contributed by atoms with Crippen molar-refractivity contribution >= 4 is 17.3 Å². The first-order valence-electron chi connectivity index (χ1n) is 7.64. The molecule has 1 N–H and O–H groups in total. The van der Waals surface area contributed by atoms with Gasteiger partial charge in [0.2, 0.25) is 0 Å². The van der Waals surface area contributed by atoms with Crippen molar-refractivity contribution in [3.05, 3.63) is 21.9 Å². The summed E-state index contributed by atoms with van der Waals surface area (Å²) in [5.74, 6) is 0.510. The largest absolute Gasteiger partial charge is 0.480 e. The highest BCUT2D eigenvalue weighted by Gasteiger charge is 2.42. The molecule has 1 aliphatic carbocycles. The molecule has 0 bridgehead atoms. The highest BCUT2D eigenvalue weighted by atomic mass is 32.1. The average Bonchev–Trinajstić information content (AvgIpc) is 2.85. The maximum Gasteiger partial charge on any atom is 0.325 e. The highest BCUT2D eigenvalue weighted by molar-refractivity contribution is 7.10. The van der Waals surface area contributed by atoms with Crippen molar-refractivity contribution in [1.82, 2.24) is 4.90 Å². The third-order valence-electron chi connectivity index (χ3n) is 5.10. The summed E-state index contributed by atoms with van der Waals surface area (Å²) in [4.78, 5) is 15.4. The summed E-state index contributed by atoms with van der Waals surface area (Å²) in [6, 6.07) is 2.00. The van der Waals surface area contributed by atoms with E-state index < -0.39 is 12.0 Å². The normalized spacial score (nSPS) is 34.7. The van der Waals surface area contributed by atoms with E-state index in [0.717, 1.165) is 18.5 Å². The van der Waals surface area contributed by atoms with Crippen LogP contribution in [0.2, 0.25) is 0 Å². The van der Waals surface area contributed by atoms with Crippen molar-refractivity contribution in [2.45, 2.75) is 51.6 Å². The minimum absolute atomic E-state index is 0.415. The molecule has 2 aliphatic rings. The van der Waals surface area contributed by atoms with Gasteiger partial charge in [-0.15, -0.1) is 11.3 Å². The molecule has 0 aromatic carbocycles. The van der Waals surface area contributed by atoms with Gasteiger partial charge in [0.1, 0.15) is 6.04 Å². The number of fused-ring (bicyclic) bond motifs is 1. The molecule has 3 nitrogen and oxygen atoms in total. The van der Waals surface area contributed by atoms with Crippen LogP contribution in [0.15, 0.2) is 11.4 Å². The zero-order chi connectivity index (χ0) is 14.3. The average molecular weight is 293 g/mol. The number of hydrogen-bond acceptors (Lipinski definition) is 3. The van der Waals surface area contributed by atoms with E-state index in [1.165, 1.54) is 24.1 Å². The van der Waals surface area contributed by atoms with E-state index in [-0.39, 0.29) is 0 Å². The SMILES string of the molecule is CC1CCCC(C)C1N1CCc2sccc2C1C(=O)O. The molecule has 4 heteroatoms. The fourth-order valence-corrected chi connectivity index (χ4v) is 5.15. The Hall–Kier alpha value is -0.870. The lowest BCUT2D eigenvalue weighted by molar-refractivity contribution is -0.146. The van der Waals surface area contributed by atoms with Gasteiger partial charge in [-0.1, -0.05) is 20.3 Å². The van der Waals surface area contributed by atoms with Crippen molar-refractivity contribution < 1.29 is 9.90 Å². The third kappa shape index (κ3) is 2.29. The van der Waals surface area contributed by atoms with E-state index in [1.54, 1.807) is 11.3 Å². The van der Waals surface area contributed by atoms with Crippen LogP contribution in [0.4, 0.5) is 0 Å². The smallest absolute Gasteiger partial charge is 0.325 e. The molecule has 2 heterocycles. The first-order chi connectivity index (χ1) is 9.59. The first kappa shape index (κ1) is 14.1. The lowest BCUT2D eigenvalue weighted by Crippen LogP contribution is -2.52. The van der Waals surface area contributed by atoms with Crippen LogP contribution < -0.4 is 0 Å². The number of aliphatic carboxylic acids is 1. The number of carbonyl (C=O) groups is 1. The summed E-state index contributed by atoms with van der Waals surface area (Å²) < 4.78 is 0. The minimum Gasteiger partial charge on any atom is -0.480 e. The van der Waals surface area contributed by atoms with Gasteiger partial charge in [-0.3, -0.25) is 9.69 Å². The molecule has 1 aliphatic heterocycles. The molecule has 3 atom stereocenters. The summed E-state index contributed by atoms with van der Waals surface area (Å²) in [7, 11) is 0. The summed E-state index contributed by atoms with van der Waals surface area (Å²) in [6.07, 6.45) is 4.75. The molecule has 0 amide bonds. The van der Waals surface area contributed by atoms with Gasteiger partial charge in [-0.05, 0) is 48.1 Å². The van der Waals surface area contributed by atoms with Crippen LogP contribution in [0.3, 0.4) is 0 Å². The molecule has 1 aromatic heterocycles. The molecule has 1 aromatic rings. The lowest BCUT2D eigenvalue weighted by atomic mass is 9.76. The number of thiophene rings is 1. The Morgan fingerprint density at radius 3 is 2.70 bits per heavy atom. The zero-order valence-corrected chi connectivity index (χ0v) is 13.0. The lowest BCUT2D eigenvalue weighted by Gasteiger charge is -2.46. The fraction of sp³-hybridized carbons (Fsp3) is 0.688. The van der Waals surface area contributed by atoms with Crippen LogP contribution in [-0.2, 0) is 11.2 Å². The number of rotatable bonds is 2. The molecule has 3 unspecified atom stereocenters. The topological polar surface area (TPSA) is 40.5 Å². The zero-order valence-electron chi connectivity index (χ0n) is 12.2. The number of carboxylic acids is 1. The molecule has 0 saturated heterocycles. The standard InChI is InChI=1S/C16H23NO2S/c1-10-4-3-5-11(2)14(10)17-8-6-13-12(7-9-20-13)15(17)16(18)19/h7,9-11,14-15H,3-6,8H2,1-2H3,(H,18,19). The van der Waals surface area contributed by atoms with Crippen molar-refractivity contribution in [3.63, 3.8) is 0 Å². The molecule has 20 heavy (non-hydrogen) atoms. The second-order valence-electron chi connectivity index (χ2n) is 6.40. The van der Waals surface area contributed by atoms with Gasteiger partial charge in [0, 0.05) is 17.5 Å². The predicted molar refractivity (Wildman–Crippen MR) is 81.1 cm³/mol. The van der Waals surface area contributed by atoms with Gasteiger partial charge in [0.25, 0.3) is 0 Å². The Balaban J connectivity index is 1.94. The maximum atomic E-state index is 11.8. The number of nitrogens with zero attached hydrogens (tertiary/aromatic N) is 1. The maximum absolute atomic E-state index is 11.8. The van der Waals surface area contributed by atoms with Gasteiger partial charge in [0.15, 0.2) is 0 Å². The van der Waals surface area contributed by atoms with Crippen molar-refractivity contribution in [3.8, 4) is 0 Å². The van der Waals surface area contributed by atoms with E-state index in [0.29, 0.717) is 17.9 Å². The van der Waals surface area contributed by atoms with E-state index in [1.807, 2.05) is 11.4 Å². The van der Waals surface area contributed by atoms with E-state index >= 15 is 0 Å².